The Hall–Kier alpha value is -2.86. The predicted octanol–water partition coefficient (Wildman–Crippen LogP) is 2.11. The van der Waals surface area contributed by atoms with Crippen molar-refractivity contribution in [2.75, 3.05) is 31.2 Å². The van der Waals surface area contributed by atoms with Crippen molar-refractivity contribution in [1.82, 2.24) is 9.38 Å². The normalized spacial score (nSPS) is 14.6. The minimum absolute atomic E-state index is 0.114. The van der Waals surface area contributed by atoms with Gasteiger partial charge in [0.25, 0.3) is 5.56 Å². The lowest BCUT2D eigenvalue weighted by atomic mass is 10.2. The van der Waals surface area contributed by atoms with E-state index >= 15 is 0 Å². The van der Waals surface area contributed by atoms with E-state index in [9.17, 15) is 4.79 Å². The van der Waals surface area contributed by atoms with E-state index < -0.39 is 0 Å². The molecule has 6 heteroatoms. The molecule has 25 heavy (non-hydrogen) atoms. The Morgan fingerprint density at radius 2 is 1.88 bits per heavy atom. The highest BCUT2D eigenvalue weighted by atomic mass is 16.5. The predicted molar refractivity (Wildman–Crippen MR) is 95.3 cm³/mol. The zero-order chi connectivity index (χ0) is 17.1. The van der Waals surface area contributed by atoms with Crippen molar-refractivity contribution in [1.29, 1.82) is 0 Å². The molecule has 1 aliphatic heterocycles. The molecule has 4 rings (SSSR count). The number of aromatic nitrogens is 2. The van der Waals surface area contributed by atoms with Crippen molar-refractivity contribution in [2.24, 2.45) is 0 Å². The van der Waals surface area contributed by atoms with Crippen molar-refractivity contribution in [3.05, 3.63) is 70.6 Å². The molecule has 0 radical (unpaired) electrons. The Bertz CT molecular complexity index is 918. The van der Waals surface area contributed by atoms with E-state index in [0.717, 1.165) is 18.7 Å². The first-order chi connectivity index (χ1) is 12.3. The minimum Gasteiger partial charge on any atom is -0.485 e. The maximum atomic E-state index is 12.5. The third kappa shape index (κ3) is 3.34. The van der Waals surface area contributed by atoms with Crippen molar-refractivity contribution in [2.45, 2.75) is 6.61 Å². The van der Waals surface area contributed by atoms with Crippen LogP contribution in [0, 0.1) is 0 Å². The summed E-state index contributed by atoms with van der Waals surface area (Å²) in [7, 11) is 0. The molecule has 2 aromatic heterocycles. The number of hydrogen-bond donors (Lipinski definition) is 0. The molecule has 3 heterocycles. The maximum absolute atomic E-state index is 12.5. The molecule has 0 N–H and O–H groups in total. The molecule has 1 aromatic carbocycles. The molecular weight excluding hydrogens is 318 g/mol. The van der Waals surface area contributed by atoms with Gasteiger partial charge in [-0.2, -0.15) is 0 Å². The fourth-order valence-electron chi connectivity index (χ4n) is 2.89. The third-order valence-electron chi connectivity index (χ3n) is 4.21. The van der Waals surface area contributed by atoms with E-state index in [4.69, 9.17) is 9.47 Å². The Balaban J connectivity index is 1.68. The summed E-state index contributed by atoms with van der Waals surface area (Å²) in [5, 5.41) is 0. The van der Waals surface area contributed by atoms with Gasteiger partial charge in [0, 0.05) is 25.4 Å². The monoisotopic (exact) mass is 337 g/mol. The summed E-state index contributed by atoms with van der Waals surface area (Å²) < 4.78 is 12.8. The minimum atomic E-state index is -0.114. The van der Waals surface area contributed by atoms with Crippen LogP contribution in [0.4, 0.5) is 5.82 Å². The van der Waals surface area contributed by atoms with Gasteiger partial charge in [-0.15, -0.1) is 0 Å². The van der Waals surface area contributed by atoms with Gasteiger partial charge in [-0.3, -0.25) is 9.20 Å². The molecule has 6 nitrogen and oxygen atoms in total. The SMILES string of the molecule is O=c1cc(N2CCOCC2)nc2c(OCc3ccccc3)cccn12. The molecule has 128 valence electrons. The van der Waals surface area contributed by atoms with E-state index in [2.05, 4.69) is 9.88 Å². The first kappa shape index (κ1) is 15.7. The van der Waals surface area contributed by atoms with Gasteiger partial charge in [-0.1, -0.05) is 30.3 Å². The van der Waals surface area contributed by atoms with Crippen LogP contribution < -0.4 is 15.2 Å². The topological polar surface area (TPSA) is 56.1 Å². The molecule has 0 saturated carbocycles. The van der Waals surface area contributed by atoms with Gasteiger partial charge in [-0.05, 0) is 17.7 Å². The van der Waals surface area contributed by atoms with Crippen LogP contribution in [-0.2, 0) is 11.3 Å². The van der Waals surface area contributed by atoms with Gasteiger partial charge in [0.1, 0.15) is 12.4 Å². The summed E-state index contributed by atoms with van der Waals surface area (Å²) in [5.74, 6) is 1.27. The Labute approximate surface area is 145 Å². The second-order valence-corrected chi connectivity index (χ2v) is 5.89. The summed E-state index contributed by atoms with van der Waals surface area (Å²) in [5.41, 5.74) is 1.49. The number of ether oxygens (including phenoxy) is 2. The first-order valence-corrected chi connectivity index (χ1v) is 8.33. The highest BCUT2D eigenvalue weighted by molar-refractivity contribution is 5.57. The van der Waals surface area contributed by atoms with Crippen LogP contribution in [0.3, 0.4) is 0 Å². The molecule has 0 spiro atoms. The number of hydrogen-bond acceptors (Lipinski definition) is 5. The van der Waals surface area contributed by atoms with Crippen molar-refractivity contribution < 1.29 is 9.47 Å². The van der Waals surface area contributed by atoms with Crippen molar-refractivity contribution in [3.8, 4) is 5.75 Å². The molecule has 0 amide bonds. The lowest BCUT2D eigenvalue weighted by Crippen LogP contribution is -2.37. The molecule has 3 aromatic rings. The number of pyridine rings is 1. The fourth-order valence-corrected chi connectivity index (χ4v) is 2.89. The van der Waals surface area contributed by atoms with Crippen LogP contribution in [0.5, 0.6) is 5.75 Å². The first-order valence-electron chi connectivity index (χ1n) is 8.33. The number of benzene rings is 1. The largest absolute Gasteiger partial charge is 0.485 e. The van der Waals surface area contributed by atoms with Crippen molar-refractivity contribution in [3.63, 3.8) is 0 Å². The summed E-state index contributed by atoms with van der Waals surface area (Å²) >= 11 is 0. The Kier molecular flexibility index (Phi) is 4.35. The number of nitrogens with zero attached hydrogens (tertiary/aromatic N) is 3. The quantitative estimate of drug-likeness (QED) is 0.730. The van der Waals surface area contributed by atoms with Crippen LogP contribution in [0.2, 0.25) is 0 Å². The molecule has 0 atom stereocenters. The average molecular weight is 337 g/mol. The lowest BCUT2D eigenvalue weighted by molar-refractivity contribution is 0.122. The van der Waals surface area contributed by atoms with E-state index in [1.165, 1.54) is 4.40 Å². The number of anilines is 1. The summed E-state index contributed by atoms with van der Waals surface area (Å²) in [4.78, 5) is 19.2. The number of rotatable bonds is 4. The van der Waals surface area contributed by atoms with Gasteiger partial charge >= 0.3 is 0 Å². The van der Waals surface area contributed by atoms with E-state index in [1.54, 1.807) is 18.3 Å². The summed E-state index contributed by atoms with van der Waals surface area (Å²) in [6.07, 6.45) is 1.71. The van der Waals surface area contributed by atoms with Gasteiger partial charge in [-0.25, -0.2) is 4.98 Å². The standard InChI is InChI=1S/C19H19N3O3/c23-18-13-17(21-9-11-24-12-10-21)20-19-16(7-4-8-22(18)19)25-14-15-5-2-1-3-6-15/h1-8,13H,9-12,14H2. The molecule has 1 saturated heterocycles. The molecular formula is C19H19N3O3. The second kappa shape index (κ2) is 6.94. The average Bonchev–Trinajstić information content (AvgIpc) is 2.68. The van der Waals surface area contributed by atoms with Crippen LogP contribution >= 0.6 is 0 Å². The number of fused-ring (bicyclic) bond motifs is 1. The smallest absolute Gasteiger partial charge is 0.260 e. The number of morpholine rings is 1. The van der Waals surface area contributed by atoms with E-state index in [0.29, 0.717) is 37.0 Å². The van der Waals surface area contributed by atoms with E-state index in [1.807, 2.05) is 36.4 Å². The molecule has 0 unspecified atom stereocenters. The summed E-state index contributed by atoms with van der Waals surface area (Å²) in [6, 6.07) is 15.1. The summed E-state index contributed by atoms with van der Waals surface area (Å²) in [6.45, 7) is 3.18. The highest BCUT2D eigenvalue weighted by Gasteiger charge is 2.15. The molecule has 0 aliphatic carbocycles. The zero-order valence-corrected chi connectivity index (χ0v) is 13.8. The Morgan fingerprint density at radius 3 is 2.68 bits per heavy atom. The fraction of sp³-hybridized carbons (Fsp3) is 0.263. The van der Waals surface area contributed by atoms with Crippen LogP contribution in [0.25, 0.3) is 5.65 Å². The zero-order valence-electron chi connectivity index (χ0n) is 13.8. The van der Waals surface area contributed by atoms with Crippen molar-refractivity contribution >= 4 is 11.5 Å². The third-order valence-corrected chi connectivity index (χ3v) is 4.21. The van der Waals surface area contributed by atoms with Crippen LogP contribution in [-0.4, -0.2) is 35.7 Å². The lowest BCUT2D eigenvalue weighted by Gasteiger charge is -2.27. The van der Waals surface area contributed by atoms with Gasteiger partial charge < -0.3 is 14.4 Å². The highest BCUT2D eigenvalue weighted by Crippen LogP contribution is 2.21. The second-order valence-electron chi connectivity index (χ2n) is 5.89. The van der Waals surface area contributed by atoms with E-state index in [-0.39, 0.29) is 5.56 Å². The Morgan fingerprint density at radius 1 is 1.08 bits per heavy atom. The van der Waals surface area contributed by atoms with Gasteiger partial charge in [0.05, 0.1) is 13.2 Å². The van der Waals surface area contributed by atoms with Crippen LogP contribution in [0.1, 0.15) is 5.56 Å². The van der Waals surface area contributed by atoms with Gasteiger partial charge in [0.15, 0.2) is 11.4 Å². The van der Waals surface area contributed by atoms with Crippen LogP contribution in [0.15, 0.2) is 59.5 Å². The molecule has 0 bridgehead atoms. The molecule has 1 fully saturated rings. The maximum Gasteiger partial charge on any atom is 0.260 e. The molecule has 1 aliphatic rings. The van der Waals surface area contributed by atoms with Gasteiger partial charge in [0.2, 0.25) is 0 Å².